The number of nitrogens with zero attached hydrogens (tertiary/aromatic N) is 4. The Morgan fingerprint density at radius 2 is 2.10 bits per heavy atom. The van der Waals surface area contributed by atoms with Gasteiger partial charge in [-0.2, -0.15) is 4.68 Å². The summed E-state index contributed by atoms with van der Waals surface area (Å²) in [6.45, 7) is 0.129. The number of phenolic OH excluding ortho intramolecular Hbond substituents is 1. The van der Waals surface area contributed by atoms with E-state index in [-0.39, 0.29) is 30.6 Å². The Morgan fingerprint density at radius 1 is 1.35 bits per heavy atom. The van der Waals surface area contributed by atoms with Gasteiger partial charge in [-0.05, 0) is 34.7 Å². The molecule has 0 bridgehead atoms. The molecule has 1 aromatic heterocycles. The van der Waals surface area contributed by atoms with Crippen molar-refractivity contribution in [2.75, 3.05) is 18.9 Å². The number of aliphatic hydroxyl groups is 1. The van der Waals surface area contributed by atoms with Gasteiger partial charge in [-0.25, -0.2) is 0 Å². The van der Waals surface area contributed by atoms with Crippen molar-refractivity contribution in [1.82, 2.24) is 25.5 Å². The molecule has 1 heterocycles. The standard InChI is InChI=1S/C11H13N5O3S/c17-6-5-12-10(19)7-20-11-13-14-15-16(11)8-1-3-9(18)4-2-8/h1-4,17-18H,5-7H2,(H,12,19). The van der Waals surface area contributed by atoms with E-state index < -0.39 is 0 Å². The van der Waals surface area contributed by atoms with Crippen molar-refractivity contribution in [1.29, 1.82) is 0 Å². The van der Waals surface area contributed by atoms with E-state index >= 15 is 0 Å². The van der Waals surface area contributed by atoms with E-state index in [0.717, 1.165) is 0 Å². The summed E-state index contributed by atoms with van der Waals surface area (Å²) < 4.78 is 1.48. The molecule has 3 N–H and O–H groups in total. The Hall–Kier alpha value is -2.13. The van der Waals surface area contributed by atoms with Crippen LogP contribution in [0.4, 0.5) is 0 Å². The Labute approximate surface area is 118 Å². The van der Waals surface area contributed by atoms with E-state index in [1.165, 1.54) is 28.6 Å². The number of phenols is 1. The lowest BCUT2D eigenvalue weighted by molar-refractivity contribution is -0.118. The van der Waals surface area contributed by atoms with E-state index in [4.69, 9.17) is 5.11 Å². The lowest BCUT2D eigenvalue weighted by atomic mass is 10.3. The van der Waals surface area contributed by atoms with Crippen molar-refractivity contribution in [2.45, 2.75) is 5.16 Å². The van der Waals surface area contributed by atoms with Crippen LogP contribution < -0.4 is 5.32 Å². The highest BCUT2D eigenvalue weighted by atomic mass is 32.2. The van der Waals surface area contributed by atoms with Gasteiger partial charge in [0.25, 0.3) is 0 Å². The number of aromatic hydroxyl groups is 1. The third-order valence-electron chi connectivity index (χ3n) is 2.30. The maximum Gasteiger partial charge on any atom is 0.230 e. The maximum atomic E-state index is 11.4. The molecule has 1 amide bonds. The summed E-state index contributed by atoms with van der Waals surface area (Å²) in [4.78, 5) is 11.4. The largest absolute Gasteiger partial charge is 0.508 e. The highest BCUT2D eigenvalue weighted by Crippen LogP contribution is 2.19. The molecular weight excluding hydrogens is 282 g/mol. The molecule has 20 heavy (non-hydrogen) atoms. The molecule has 0 saturated carbocycles. The third-order valence-corrected chi connectivity index (χ3v) is 3.22. The van der Waals surface area contributed by atoms with Crippen molar-refractivity contribution < 1.29 is 15.0 Å². The van der Waals surface area contributed by atoms with Crippen molar-refractivity contribution >= 4 is 17.7 Å². The Bertz CT molecular complexity index is 572. The van der Waals surface area contributed by atoms with Crippen LogP contribution in [0.2, 0.25) is 0 Å². The minimum atomic E-state index is -0.204. The van der Waals surface area contributed by atoms with Gasteiger partial charge in [0, 0.05) is 6.54 Å². The minimum absolute atomic E-state index is 0.0956. The van der Waals surface area contributed by atoms with Crippen molar-refractivity contribution in [3.8, 4) is 11.4 Å². The van der Waals surface area contributed by atoms with Crippen LogP contribution in [0, 0.1) is 0 Å². The second-order valence-corrected chi connectivity index (χ2v) is 4.69. The molecule has 2 aromatic rings. The molecule has 0 aliphatic heterocycles. The van der Waals surface area contributed by atoms with E-state index in [1.807, 2.05) is 0 Å². The normalized spacial score (nSPS) is 10.4. The molecule has 0 unspecified atom stereocenters. The zero-order valence-corrected chi connectivity index (χ0v) is 11.2. The predicted octanol–water partition coefficient (Wildman–Crippen LogP) is -0.432. The molecule has 106 valence electrons. The number of carbonyl (C=O) groups excluding carboxylic acids is 1. The average Bonchev–Trinajstić information content (AvgIpc) is 2.92. The number of aliphatic hydroxyl groups excluding tert-OH is 1. The van der Waals surface area contributed by atoms with Gasteiger partial charge in [-0.1, -0.05) is 11.8 Å². The van der Waals surface area contributed by atoms with Crippen molar-refractivity contribution in [2.24, 2.45) is 0 Å². The van der Waals surface area contributed by atoms with E-state index in [2.05, 4.69) is 20.8 Å². The molecule has 0 aliphatic rings. The number of thioether (sulfide) groups is 1. The number of carbonyl (C=O) groups is 1. The topological polar surface area (TPSA) is 113 Å². The maximum absolute atomic E-state index is 11.4. The Morgan fingerprint density at radius 3 is 2.80 bits per heavy atom. The van der Waals surface area contributed by atoms with Crippen LogP contribution in [0.25, 0.3) is 5.69 Å². The van der Waals surface area contributed by atoms with Crippen LogP contribution >= 0.6 is 11.8 Å². The molecule has 9 heteroatoms. The number of rotatable bonds is 6. The highest BCUT2D eigenvalue weighted by Gasteiger charge is 2.11. The zero-order chi connectivity index (χ0) is 14.4. The van der Waals surface area contributed by atoms with Gasteiger partial charge in [0.2, 0.25) is 11.1 Å². The van der Waals surface area contributed by atoms with Crippen molar-refractivity contribution in [3.63, 3.8) is 0 Å². The first-order chi connectivity index (χ1) is 9.70. The van der Waals surface area contributed by atoms with Gasteiger partial charge >= 0.3 is 0 Å². The monoisotopic (exact) mass is 295 g/mol. The first kappa shape index (κ1) is 14.3. The summed E-state index contributed by atoms with van der Waals surface area (Å²) in [6, 6.07) is 6.39. The van der Waals surface area contributed by atoms with Gasteiger partial charge in [-0.15, -0.1) is 5.10 Å². The van der Waals surface area contributed by atoms with E-state index in [0.29, 0.717) is 10.8 Å². The molecule has 0 fully saturated rings. The fraction of sp³-hybridized carbons (Fsp3) is 0.273. The molecule has 1 aromatic carbocycles. The minimum Gasteiger partial charge on any atom is -0.508 e. The smallest absolute Gasteiger partial charge is 0.230 e. The highest BCUT2D eigenvalue weighted by molar-refractivity contribution is 7.99. The van der Waals surface area contributed by atoms with Gasteiger partial charge in [0.15, 0.2) is 0 Å². The molecule has 0 radical (unpaired) electrons. The zero-order valence-electron chi connectivity index (χ0n) is 10.4. The summed E-state index contributed by atoms with van der Waals surface area (Å²) >= 11 is 1.18. The molecule has 0 saturated heterocycles. The number of benzene rings is 1. The molecule has 2 rings (SSSR count). The fourth-order valence-corrected chi connectivity index (χ4v) is 2.12. The van der Waals surface area contributed by atoms with Gasteiger partial charge in [-0.3, -0.25) is 4.79 Å². The number of amides is 1. The van der Waals surface area contributed by atoms with Crippen LogP contribution in [0.5, 0.6) is 5.75 Å². The van der Waals surface area contributed by atoms with Crippen molar-refractivity contribution in [3.05, 3.63) is 24.3 Å². The second-order valence-electron chi connectivity index (χ2n) is 3.75. The summed E-state index contributed by atoms with van der Waals surface area (Å²) in [5.41, 5.74) is 0.686. The number of hydrogen-bond donors (Lipinski definition) is 3. The summed E-state index contributed by atoms with van der Waals surface area (Å²) in [5.74, 6) is 0.0991. The lowest BCUT2D eigenvalue weighted by Crippen LogP contribution is -2.28. The molecule has 0 aliphatic carbocycles. The van der Waals surface area contributed by atoms with Crippen LogP contribution in [0.15, 0.2) is 29.4 Å². The number of tetrazole rings is 1. The predicted molar refractivity (Wildman–Crippen MR) is 71.6 cm³/mol. The first-order valence-electron chi connectivity index (χ1n) is 5.79. The fourth-order valence-electron chi connectivity index (χ4n) is 1.40. The second kappa shape index (κ2) is 6.87. The molecule has 0 atom stereocenters. The molecular formula is C11H13N5O3S. The molecule has 8 nitrogen and oxygen atoms in total. The van der Waals surface area contributed by atoms with E-state index in [9.17, 15) is 9.90 Å². The van der Waals surface area contributed by atoms with Crippen LogP contribution in [-0.2, 0) is 4.79 Å². The lowest BCUT2D eigenvalue weighted by Gasteiger charge is -2.04. The summed E-state index contributed by atoms with van der Waals surface area (Å²) in [7, 11) is 0. The van der Waals surface area contributed by atoms with Crippen LogP contribution in [0.1, 0.15) is 0 Å². The number of nitrogens with one attached hydrogen (secondary N) is 1. The number of aromatic nitrogens is 4. The Balaban J connectivity index is 2.02. The average molecular weight is 295 g/mol. The van der Waals surface area contributed by atoms with E-state index in [1.54, 1.807) is 12.1 Å². The summed E-state index contributed by atoms with van der Waals surface area (Å²) in [6.07, 6.45) is 0. The SMILES string of the molecule is O=C(CSc1nnnn1-c1ccc(O)cc1)NCCO. The Kier molecular flexibility index (Phi) is 4.91. The first-order valence-corrected chi connectivity index (χ1v) is 6.77. The number of hydrogen-bond acceptors (Lipinski definition) is 7. The third kappa shape index (κ3) is 3.68. The van der Waals surface area contributed by atoms with Crippen LogP contribution in [0.3, 0.4) is 0 Å². The van der Waals surface area contributed by atoms with Gasteiger partial charge in [0.05, 0.1) is 18.0 Å². The summed E-state index contributed by atoms with van der Waals surface area (Å²) in [5, 5.41) is 32.1. The van der Waals surface area contributed by atoms with Gasteiger partial charge < -0.3 is 15.5 Å². The van der Waals surface area contributed by atoms with Crippen LogP contribution in [-0.4, -0.2) is 55.2 Å². The molecule has 0 spiro atoms. The quantitative estimate of drug-likeness (QED) is 0.620. The van der Waals surface area contributed by atoms with Gasteiger partial charge in [0.1, 0.15) is 5.75 Å².